The molecule has 0 saturated carbocycles. The number of rotatable bonds is 3. The summed E-state index contributed by atoms with van der Waals surface area (Å²) in [7, 11) is 0. The van der Waals surface area contributed by atoms with Crippen LogP contribution >= 0.6 is 0 Å². The minimum Gasteiger partial charge on any atom is -0.394 e. The number of ether oxygens (including phenoxy) is 2. The van der Waals surface area contributed by atoms with Crippen molar-refractivity contribution >= 4 is 17.0 Å². The summed E-state index contributed by atoms with van der Waals surface area (Å²) in [5, 5.41) is 54.8. The number of imidazole rings is 1. The number of aromatic nitrogens is 4. The third-order valence-electron chi connectivity index (χ3n) is 4.48. The number of aliphatic hydroxyl groups excluding tert-OH is 6. The highest BCUT2D eigenvalue weighted by Crippen LogP contribution is 2.31. The van der Waals surface area contributed by atoms with Crippen LogP contribution in [0.25, 0.3) is 11.2 Å². The van der Waals surface area contributed by atoms with Crippen molar-refractivity contribution in [1.29, 1.82) is 0 Å². The standard InChI is InChI=1S/C10H13N5O4.C5H9O4/c11-8-5-9(13-2-12-8)15(3-14-5)10-7(18)6(17)4(1-16)19-10;6-1-4-5(8)3(7)2-9-4/h2-4,6-7,10,16-18H,1H2,(H2,11,12,13);2-8H,1H2/t4-,6?,7?,10-;3-,4-,5+/m11/s1. The van der Waals surface area contributed by atoms with E-state index in [0.717, 1.165) is 6.61 Å². The second-order valence-corrected chi connectivity index (χ2v) is 6.29. The molecule has 0 aromatic carbocycles. The van der Waals surface area contributed by atoms with Crippen molar-refractivity contribution < 1.29 is 40.1 Å². The number of fused-ring (bicyclic) bond motifs is 1. The van der Waals surface area contributed by atoms with E-state index >= 15 is 0 Å². The molecule has 1 radical (unpaired) electrons. The minimum atomic E-state index is -1.19. The lowest BCUT2D eigenvalue weighted by atomic mass is 10.1. The van der Waals surface area contributed by atoms with Crippen molar-refractivity contribution in [2.75, 3.05) is 18.9 Å². The molecule has 2 fully saturated rings. The van der Waals surface area contributed by atoms with Gasteiger partial charge in [-0.2, -0.15) is 0 Å². The van der Waals surface area contributed by atoms with Crippen molar-refractivity contribution in [2.24, 2.45) is 0 Å². The first-order valence-electron chi connectivity index (χ1n) is 8.40. The fraction of sp³-hybridized carbons (Fsp3) is 0.600. The molecule has 2 aliphatic rings. The lowest BCUT2D eigenvalue weighted by Crippen LogP contribution is -2.33. The molecule has 28 heavy (non-hydrogen) atoms. The summed E-state index contributed by atoms with van der Waals surface area (Å²) in [6.45, 7) is 0.457. The monoisotopic (exact) mass is 400 g/mol. The second-order valence-electron chi connectivity index (χ2n) is 6.29. The van der Waals surface area contributed by atoms with Crippen LogP contribution in [0, 0.1) is 6.61 Å². The summed E-state index contributed by atoms with van der Waals surface area (Å²) in [4.78, 5) is 11.9. The third-order valence-corrected chi connectivity index (χ3v) is 4.48. The lowest BCUT2D eigenvalue weighted by molar-refractivity contribution is -0.0511. The Balaban J connectivity index is 0.000000211. The molecular formula is C15H22N5O8. The highest BCUT2D eigenvalue weighted by molar-refractivity contribution is 5.81. The summed E-state index contributed by atoms with van der Waals surface area (Å²) >= 11 is 0. The zero-order chi connectivity index (χ0) is 20.4. The van der Waals surface area contributed by atoms with Crippen LogP contribution in [0.2, 0.25) is 0 Å². The van der Waals surface area contributed by atoms with Gasteiger partial charge in [-0.3, -0.25) is 4.57 Å². The molecule has 2 aromatic heterocycles. The summed E-state index contributed by atoms with van der Waals surface area (Å²) in [5.74, 6) is 0.218. The van der Waals surface area contributed by atoms with Crippen molar-refractivity contribution in [3.8, 4) is 0 Å². The van der Waals surface area contributed by atoms with E-state index in [2.05, 4.69) is 19.7 Å². The zero-order valence-corrected chi connectivity index (χ0v) is 14.6. The average molecular weight is 400 g/mol. The summed E-state index contributed by atoms with van der Waals surface area (Å²) in [5.41, 5.74) is 6.44. The predicted molar refractivity (Wildman–Crippen MR) is 91.0 cm³/mol. The van der Waals surface area contributed by atoms with E-state index in [0.29, 0.717) is 11.2 Å². The van der Waals surface area contributed by atoms with Gasteiger partial charge in [-0.05, 0) is 0 Å². The van der Waals surface area contributed by atoms with Gasteiger partial charge in [-0.1, -0.05) is 0 Å². The lowest BCUT2D eigenvalue weighted by Gasteiger charge is -2.16. The molecule has 2 aliphatic heterocycles. The fourth-order valence-electron chi connectivity index (χ4n) is 2.88. The number of nitrogen functional groups attached to an aromatic ring is 1. The van der Waals surface area contributed by atoms with Crippen LogP contribution in [0.15, 0.2) is 12.7 Å². The van der Waals surface area contributed by atoms with Gasteiger partial charge in [0.1, 0.15) is 55.1 Å². The Morgan fingerprint density at radius 1 is 0.964 bits per heavy atom. The molecule has 13 heteroatoms. The summed E-state index contributed by atoms with van der Waals surface area (Å²) in [6.07, 6.45) is -4.01. The largest absolute Gasteiger partial charge is 0.394 e. The normalized spacial score (nSPS) is 35.1. The van der Waals surface area contributed by atoms with Gasteiger partial charge < -0.3 is 45.8 Å². The van der Waals surface area contributed by atoms with Gasteiger partial charge in [0, 0.05) is 0 Å². The van der Waals surface area contributed by atoms with E-state index in [4.69, 9.17) is 30.9 Å². The molecule has 13 nitrogen and oxygen atoms in total. The molecule has 2 unspecified atom stereocenters. The van der Waals surface area contributed by atoms with Crippen LogP contribution < -0.4 is 5.73 Å². The van der Waals surface area contributed by atoms with Crippen LogP contribution in [0.3, 0.4) is 0 Å². The number of hydrogen-bond donors (Lipinski definition) is 7. The van der Waals surface area contributed by atoms with E-state index in [1.54, 1.807) is 0 Å². The molecule has 4 rings (SSSR count). The van der Waals surface area contributed by atoms with Gasteiger partial charge in [0.15, 0.2) is 17.7 Å². The molecule has 4 heterocycles. The van der Waals surface area contributed by atoms with Gasteiger partial charge >= 0.3 is 0 Å². The summed E-state index contributed by atoms with van der Waals surface area (Å²) < 4.78 is 11.5. The smallest absolute Gasteiger partial charge is 0.167 e. The molecule has 8 N–H and O–H groups in total. The molecule has 0 bridgehead atoms. The van der Waals surface area contributed by atoms with Gasteiger partial charge in [0.2, 0.25) is 0 Å². The van der Waals surface area contributed by atoms with E-state index in [9.17, 15) is 10.2 Å². The van der Waals surface area contributed by atoms with E-state index in [1.165, 1.54) is 17.2 Å². The minimum absolute atomic E-state index is 0.218. The molecule has 0 spiro atoms. The van der Waals surface area contributed by atoms with Crippen molar-refractivity contribution in [2.45, 2.75) is 42.9 Å². The Morgan fingerprint density at radius 3 is 2.21 bits per heavy atom. The van der Waals surface area contributed by atoms with E-state index < -0.39 is 49.5 Å². The predicted octanol–water partition coefficient (Wildman–Crippen LogP) is -3.72. The highest BCUT2D eigenvalue weighted by atomic mass is 16.6. The highest BCUT2D eigenvalue weighted by Gasteiger charge is 2.44. The Bertz CT molecular complexity index is 791. The Hall–Kier alpha value is -1.97. The molecule has 2 saturated heterocycles. The first-order chi connectivity index (χ1) is 13.4. The van der Waals surface area contributed by atoms with Gasteiger partial charge in [0.25, 0.3) is 0 Å². The number of nitrogens with two attached hydrogens (primary N) is 1. The molecule has 0 aliphatic carbocycles. The zero-order valence-electron chi connectivity index (χ0n) is 14.6. The first-order valence-corrected chi connectivity index (χ1v) is 8.40. The Kier molecular flexibility index (Phi) is 6.36. The van der Waals surface area contributed by atoms with Crippen LogP contribution in [0.5, 0.6) is 0 Å². The van der Waals surface area contributed by atoms with E-state index in [1.807, 2.05) is 0 Å². The van der Waals surface area contributed by atoms with Crippen molar-refractivity contribution in [3.63, 3.8) is 0 Å². The number of aliphatic hydroxyl groups is 6. The van der Waals surface area contributed by atoms with Crippen molar-refractivity contribution in [3.05, 3.63) is 19.3 Å². The third kappa shape index (κ3) is 3.78. The quantitative estimate of drug-likeness (QED) is 0.265. The number of nitrogens with zero attached hydrogens (tertiary/aromatic N) is 4. The maximum Gasteiger partial charge on any atom is 0.167 e. The summed E-state index contributed by atoms with van der Waals surface area (Å²) in [6, 6.07) is 0. The topological polar surface area (TPSA) is 209 Å². The Morgan fingerprint density at radius 2 is 1.68 bits per heavy atom. The van der Waals surface area contributed by atoms with Gasteiger partial charge in [-0.15, -0.1) is 0 Å². The Labute approximate surface area is 158 Å². The number of hydrogen-bond acceptors (Lipinski definition) is 12. The average Bonchev–Trinajstić information content (AvgIpc) is 3.34. The molecular weight excluding hydrogens is 378 g/mol. The van der Waals surface area contributed by atoms with E-state index in [-0.39, 0.29) is 12.4 Å². The molecule has 0 amide bonds. The van der Waals surface area contributed by atoms with Crippen LogP contribution in [-0.4, -0.2) is 100.0 Å². The van der Waals surface area contributed by atoms with Crippen molar-refractivity contribution in [1.82, 2.24) is 19.5 Å². The SMILES string of the molecule is Nc1ncnc2c1ncn2[C@@H]1O[C@H](CO)C(O)C1O.OC[C@H]1O[CH][C@@H](O)[C@@H]1O. The van der Waals surface area contributed by atoms with Crippen LogP contribution in [0.4, 0.5) is 5.82 Å². The molecule has 2 aromatic rings. The first kappa shape index (κ1) is 20.8. The van der Waals surface area contributed by atoms with Crippen LogP contribution in [-0.2, 0) is 9.47 Å². The maximum absolute atomic E-state index is 9.95. The van der Waals surface area contributed by atoms with Gasteiger partial charge in [-0.25, -0.2) is 15.0 Å². The molecule has 155 valence electrons. The second kappa shape index (κ2) is 8.59. The van der Waals surface area contributed by atoms with Gasteiger partial charge in [0.05, 0.1) is 19.5 Å². The fourth-order valence-corrected chi connectivity index (χ4v) is 2.88. The molecule has 7 atom stereocenters. The van der Waals surface area contributed by atoms with Crippen LogP contribution in [0.1, 0.15) is 6.23 Å². The maximum atomic E-state index is 9.95. The number of anilines is 1.